The molecule has 180 valence electrons. The first kappa shape index (κ1) is 23.7. The summed E-state index contributed by atoms with van der Waals surface area (Å²) in [5.41, 5.74) is 0.455. The third-order valence-corrected chi connectivity index (χ3v) is 5.50. The van der Waals surface area contributed by atoms with E-state index in [9.17, 15) is 18.4 Å². The van der Waals surface area contributed by atoms with Gasteiger partial charge in [0.1, 0.15) is 17.5 Å². The number of carbonyl (C=O) groups is 2. The lowest BCUT2D eigenvalue weighted by atomic mass is 9.80. The molecule has 0 aliphatic heterocycles. The van der Waals surface area contributed by atoms with Gasteiger partial charge in [-0.3, -0.25) is 14.3 Å². The van der Waals surface area contributed by atoms with Gasteiger partial charge in [0.05, 0.1) is 22.9 Å². The van der Waals surface area contributed by atoms with Gasteiger partial charge >= 0.3 is 0 Å². The maximum absolute atomic E-state index is 14.1. The molecule has 0 fully saturated rings. The van der Waals surface area contributed by atoms with E-state index in [0.717, 1.165) is 17.7 Å². The fourth-order valence-corrected chi connectivity index (χ4v) is 3.58. The zero-order valence-electron chi connectivity index (χ0n) is 19.2. The molecule has 2 N–H and O–H groups in total. The lowest BCUT2D eigenvalue weighted by Gasteiger charge is -2.28. The average Bonchev–Trinajstić information content (AvgIpc) is 3.47. The van der Waals surface area contributed by atoms with Crippen LogP contribution < -0.4 is 10.6 Å². The van der Waals surface area contributed by atoms with Crippen LogP contribution in [0.4, 0.5) is 14.6 Å². The van der Waals surface area contributed by atoms with Gasteiger partial charge in [-0.2, -0.15) is 5.10 Å². The Morgan fingerprint density at radius 2 is 1.97 bits per heavy atom. The van der Waals surface area contributed by atoms with Crippen LogP contribution in [0.25, 0.3) is 11.3 Å². The molecule has 0 saturated heterocycles. The summed E-state index contributed by atoms with van der Waals surface area (Å²) in [4.78, 5) is 28.9. The quantitative estimate of drug-likeness (QED) is 0.419. The summed E-state index contributed by atoms with van der Waals surface area (Å²) in [5.74, 6) is -2.01. The van der Waals surface area contributed by atoms with Crippen LogP contribution in [0.1, 0.15) is 35.6 Å². The summed E-state index contributed by atoms with van der Waals surface area (Å²) in [6, 6.07) is 9.50. The molecule has 1 unspecified atom stereocenters. The number of carbonyl (C=O) groups excluding carboxylic acids is 2. The number of benzene rings is 1. The predicted molar refractivity (Wildman–Crippen MR) is 122 cm³/mol. The summed E-state index contributed by atoms with van der Waals surface area (Å²) in [6.45, 7) is 3.37. The van der Waals surface area contributed by atoms with Crippen LogP contribution in [-0.2, 0) is 17.3 Å². The molecular formula is C24H22F2N6O3. The molecule has 0 radical (unpaired) electrons. The summed E-state index contributed by atoms with van der Waals surface area (Å²) < 4.78 is 34.0. The fourth-order valence-electron chi connectivity index (χ4n) is 3.58. The molecular weight excluding hydrogens is 458 g/mol. The molecule has 3 heterocycles. The minimum Gasteiger partial charge on any atom is -0.355 e. The number of rotatable bonds is 7. The highest BCUT2D eigenvalue weighted by molar-refractivity contribution is 5.93. The van der Waals surface area contributed by atoms with E-state index < -0.39 is 23.0 Å². The lowest BCUT2D eigenvalue weighted by Crippen LogP contribution is -2.40. The number of aryl methyl sites for hydroxylation is 1. The van der Waals surface area contributed by atoms with Crippen molar-refractivity contribution in [2.45, 2.75) is 19.3 Å². The Hall–Kier alpha value is -4.41. The number of hydrogen-bond acceptors (Lipinski definition) is 6. The van der Waals surface area contributed by atoms with Crippen molar-refractivity contribution >= 4 is 17.6 Å². The van der Waals surface area contributed by atoms with Gasteiger partial charge < -0.3 is 15.2 Å². The maximum Gasteiger partial charge on any atom is 0.273 e. The average molecular weight is 480 g/mol. The molecule has 2 amide bonds. The lowest BCUT2D eigenvalue weighted by molar-refractivity contribution is -0.114. The molecule has 0 saturated carbocycles. The van der Waals surface area contributed by atoms with Crippen LogP contribution in [0.2, 0.25) is 0 Å². The second-order valence-corrected chi connectivity index (χ2v) is 8.21. The first-order valence-electron chi connectivity index (χ1n) is 10.6. The molecule has 4 rings (SSSR count). The third-order valence-electron chi connectivity index (χ3n) is 5.50. The van der Waals surface area contributed by atoms with E-state index >= 15 is 0 Å². The molecule has 35 heavy (non-hydrogen) atoms. The van der Waals surface area contributed by atoms with E-state index in [2.05, 4.69) is 25.9 Å². The Bertz CT molecular complexity index is 1400. The van der Waals surface area contributed by atoms with Gasteiger partial charge in [-0.1, -0.05) is 11.2 Å². The van der Waals surface area contributed by atoms with E-state index in [4.69, 9.17) is 4.52 Å². The standard InChI is InChI=1S/C24H22F2N6O3/c1-14(33)29-22-6-4-5-21(30-22)24(2,15-11-28-32(3)12-15)13-27-23(34)19-10-20(35-31-19)17-8-7-16(25)9-18(17)26/h4-12H,13H2,1-3H3,(H,27,34)(H,29,30,33). The minimum absolute atomic E-state index is 0.00709. The molecule has 0 spiro atoms. The van der Waals surface area contributed by atoms with Crippen LogP contribution in [0, 0.1) is 11.6 Å². The molecule has 3 aromatic heterocycles. The largest absolute Gasteiger partial charge is 0.355 e. The number of aromatic nitrogens is 4. The molecule has 9 nitrogen and oxygen atoms in total. The van der Waals surface area contributed by atoms with Gasteiger partial charge in [-0.05, 0) is 31.2 Å². The highest BCUT2D eigenvalue weighted by Gasteiger charge is 2.33. The van der Waals surface area contributed by atoms with E-state index in [0.29, 0.717) is 11.5 Å². The zero-order chi connectivity index (χ0) is 25.2. The van der Waals surface area contributed by atoms with Gasteiger partial charge in [0.2, 0.25) is 5.91 Å². The maximum atomic E-state index is 14.1. The van der Waals surface area contributed by atoms with Crippen LogP contribution in [-0.4, -0.2) is 38.3 Å². The molecule has 0 aliphatic carbocycles. The van der Waals surface area contributed by atoms with Crippen molar-refractivity contribution in [2.24, 2.45) is 7.05 Å². The number of pyridine rings is 1. The van der Waals surface area contributed by atoms with E-state index in [1.165, 1.54) is 19.1 Å². The Morgan fingerprint density at radius 3 is 2.66 bits per heavy atom. The Labute approximate surface area is 199 Å². The number of nitrogens with zero attached hydrogens (tertiary/aromatic N) is 4. The summed E-state index contributed by atoms with van der Waals surface area (Å²) >= 11 is 0. The monoisotopic (exact) mass is 480 g/mol. The highest BCUT2D eigenvalue weighted by Crippen LogP contribution is 2.31. The van der Waals surface area contributed by atoms with Gasteiger partial charge in [-0.15, -0.1) is 0 Å². The SMILES string of the molecule is CC(=O)Nc1cccc(C(C)(CNC(=O)c2cc(-c3ccc(F)cc3F)on2)c2cnn(C)c2)n1. The third kappa shape index (κ3) is 5.08. The Balaban J connectivity index is 1.59. The topological polar surface area (TPSA) is 115 Å². The molecule has 0 aliphatic rings. The van der Waals surface area contributed by atoms with E-state index in [1.54, 1.807) is 36.1 Å². The van der Waals surface area contributed by atoms with Gasteiger partial charge in [0, 0.05) is 44.4 Å². The van der Waals surface area contributed by atoms with Crippen molar-refractivity contribution in [3.8, 4) is 11.3 Å². The first-order valence-corrected chi connectivity index (χ1v) is 10.6. The van der Waals surface area contributed by atoms with Crippen LogP contribution in [0.15, 0.2) is 59.4 Å². The van der Waals surface area contributed by atoms with Crippen LogP contribution in [0.5, 0.6) is 0 Å². The second kappa shape index (κ2) is 9.45. The number of amides is 2. The van der Waals surface area contributed by atoms with Crippen molar-refractivity contribution in [3.05, 3.63) is 83.4 Å². The van der Waals surface area contributed by atoms with Gasteiger partial charge in [-0.25, -0.2) is 13.8 Å². The Kier molecular flexibility index (Phi) is 6.41. The van der Waals surface area contributed by atoms with E-state index in [1.807, 2.05) is 13.1 Å². The van der Waals surface area contributed by atoms with E-state index in [-0.39, 0.29) is 29.5 Å². The van der Waals surface area contributed by atoms with Crippen molar-refractivity contribution in [1.29, 1.82) is 0 Å². The molecule has 11 heteroatoms. The molecule has 1 atom stereocenters. The fraction of sp³-hybridized carbons (Fsp3) is 0.208. The number of anilines is 1. The summed E-state index contributed by atoms with van der Waals surface area (Å²) in [6.07, 6.45) is 3.48. The normalized spacial score (nSPS) is 12.7. The van der Waals surface area contributed by atoms with Crippen molar-refractivity contribution in [2.75, 3.05) is 11.9 Å². The van der Waals surface area contributed by atoms with Crippen molar-refractivity contribution < 1.29 is 22.9 Å². The van der Waals surface area contributed by atoms with Crippen molar-refractivity contribution in [1.82, 2.24) is 25.2 Å². The minimum atomic E-state index is -0.831. The van der Waals surface area contributed by atoms with Gasteiger partial charge in [0.15, 0.2) is 11.5 Å². The number of nitrogens with one attached hydrogen (secondary N) is 2. The number of hydrogen-bond donors (Lipinski definition) is 2. The summed E-state index contributed by atoms with van der Waals surface area (Å²) in [5, 5.41) is 13.4. The zero-order valence-corrected chi connectivity index (χ0v) is 19.2. The second-order valence-electron chi connectivity index (χ2n) is 8.21. The predicted octanol–water partition coefficient (Wildman–Crippen LogP) is 3.44. The molecule has 0 bridgehead atoms. The first-order chi connectivity index (χ1) is 16.7. The smallest absolute Gasteiger partial charge is 0.273 e. The van der Waals surface area contributed by atoms with Crippen LogP contribution in [0.3, 0.4) is 0 Å². The highest BCUT2D eigenvalue weighted by atomic mass is 19.1. The summed E-state index contributed by atoms with van der Waals surface area (Å²) in [7, 11) is 1.77. The Morgan fingerprint density at radius 1 is 1.17 bits per heavy atom. The van der Waals surface area contributed by atoms with Crippen molar-refractivity contribution in [3.63, 3.8) is 0 Å². The number of halogens is 2. The van der Waals surface area contributed by atoms with Gasteiger partial charge in [0.25, 0.3) is 5.91 Å². The molecule has 1 aromatic carbocycles. The van der Waals surface area contributed by atoms with Crippen LogP contribution >= 0.6 is 0 Å². The molecule has 4 aromatic rings.